The van der Waals surface area contributed by atoms with Crippen LogP contribution in [0, 0.1) is 0 Å². The van der Waals surface area contributed by atoms with Gasteiger partial charge in [-0.3, -0.25) is 4.79 Å². The first-order valence-electron chi connectivity index (χ1n) is 6.54. The van der Waals surface area contributed by atoms with Crippen LogP contribution in [0.25, 0.3) is 0 Å². The van der Waals surface area contributed by atoms with E-state index in [0.29, 0.717) is 0 Å². The van der Waals surface area contributed by atoms with Crippen molar-refractivity contribution in [2.45, 2.75) is 30.4 Å². The van der Waals surface area contributed by atoms with Gasteiger partial charge in [0.2, 0.25) is 0 Å². The summed E-state index contributed by atoms with van der Waals surface area (Å²) < 4.78 is 1.82. The van der Waals surface area contributed by atoms with Gasteiger partial charge in [-0.25, -0.2) is 4.98 Å². The Morgan fingerprint density at radius 2 is 2.10 bits per heavy atom. The molecule has 0 aliphatic heterocycles. The normalized spacial score (nSPS) is 12.3. The topological polar surface area (TPSA) is 55.1 Å². The van der Waals surface area contributed by atoms with Crippen molar-refractivity contribution in [1.82, 2.24) is 9.55 Å². The third-order valence-corrected chi connectivity index (χ3v) is 4.59. The number of thioether (sulfide) groups is 1. The Kier molecular flexibility index (Phi) is 4.98. The number of hydrogen-bond acceptors (Lipinski definition) is 4. The van der Waals surface area contributed by atoms with E-state index in [2.05, 4.69) is 4.98 Å². The highest BCUT2D eigenvalue weighted by atomic mass is 32.2. The molecule has 0 aliphatic carbocycles. The van der Waals surface area contributed by atoms with E-state index < -0.39 is 0 Å². The summed E-state index contributed by atoms with van der Waals surface area (Å²) in [4.78, 5) is 16.7. The number of hydrogen-bond donors (Lipinski definition) is 1. The average molecular weight is 290 g/mol. The van der Waals surface area contributed by atoms with E-state index in [1.807, 2.05) is 48.9 Å². The quantitative estimate of drug-likeness (QED) is 0.656. The lowest BCUT2D eigenvalue weighted by atomic mass is 10.1. The number of carbonyl (C=O) groups is 1. The minimum atomic E-state index is -0.162. The van der Waals surface area contributed by atoms with Crippen LogP contribution >= 0.6 is 11.8 Å². The average Bonchev–Trinajstić information content (AvgIpc) is 2.85. The summed E-state index contributed by atoms with van der Waals surface area (Å²) in [5.41, 5.74) is 1.47. The van der Waals surface area contributed by atoms with Crippen molar-refractivity contribution in [1.29, 1.82) is 0 Å². The highest BCUT2D eigenvalue weighted by molar-refractivity contribution is 8.00. The molecule has 1 heterocycles. The van der Waals surface area contributed by atoms with E-state index in [-0.39, 0.29) is 17.6 Å². The molecule has 20 heavy (non-hydrogen) atoms. The summed E-state index contributed by atoms with van der Waals surface area (Å²) in [6.07, 6.45) is 2.38. The molecule has 0 amide bonds. The number of rotatable bonds is 6. The second-order valence-corrected chi connectivity index (χ2v) is 5.66. The number of aliphatic hydroxyl groups excluding tert-OH is 1. The zero-order valence-corrected chi connectivity index (χ0v) is 12.4. The molecule has 2 rings (SSSR count). The number of imidazole rings is 1. The van der Waals surface area contributed by atoms with E-state index in [4.69, 9.17) is 0 Å². The summed E-state index contributed by atoms with van der Waals surface area (Å²) >= 11 is 1.45. The van der Waals surface area contributed by atoms with E-state index in [0.717, 1.165) is 22.8 Å². The van der Waals surface area contributed by atoms with Gasteiger partial charge in [0.15, 0.2) is 10.9 Å². The maximum atomic E-state index is 12.5. The fourth-order valence-electron chi connectivity index (χ4n) is 1.92. The largest absolute Gasteiger partial charge is 0.390 e. The summed E-state index contributed by atoms with van der Waals surface area (Å²) in [5.74, 6) is 0.117. The zero-order chi connectivity index (χ0) is 14.5. The molecule has 0 saturated carbocycles. The first-order chi connectivity index (χ1) is 9.67. The number of benzene rings is 1. The SMILES string of the molecule is CCC(Sc1ncc(CO)n1C)C(=O)c1ccccc1. The molecule has 0 fully saturated rings. The van der Waals surface area contributed by atoms with Crippen molar-refractivity contribution in [2.75, 3.05) is 0 Å². The van der Waals surface area contributed by atoms with Gasteiger partial charge in [0, 0.05) is 12.6 Å². The number of aliphatic hydroxyl groups is 1. The Morgan fingerprint density at radius 1 is 1.40 bits per heavy atom. The lowest BCUT2D eigenvalue weighted by Gasteiger charge is -2.13. The van der Waals surface area contributed by atoms with Crippen molar-refractivity contribution in [2.24, 2.45) is 7.05 Å². The van der Waals surface area contributed by atoms with Crippen LogP contribution in [0.1, 0.15) is 29.4 Å². The third-order valence-electron chi connectivity index (χ3n) is 3.17. The van der Waals surface area contributed by atoms with Gasteiger partial charge < -0.3 is 9.67 Å². The predicted octanol–water partition coefficient (Wildman–Crippen LogP) is 2.67. The number of nitrogens with zero attached hydrogens (tertiary/aromatic N) is 2. The molecular formula is C15H18N2O2S. The number of ketones is 1. The van der Waals surface area contributed by atoms with Gasteiger partial charge in [-0.2, -0.15) is 0 Å². The monoisotopic (exact) mass is 290 g/mol. The van der Waals surface area contributed by atoms with Gasteiger partial charge in [-0.1, -0.05) is 49.0 Å². The molecule has 1 N–H and O–H groups in total. The molecule has 0 aliphatic rings. The van der Waals surface area contributed by atoms with Crippen LogP contribution in [0.2, 0.25) is 0 Å². The summed E-state index contributed by atoms with van der Waals surface area (Å²) in [7, 11) is 1.85. The third kappa shape index (κ3) is 3.11. The van der Waals surface area contributed by atoms with Crippen LogP contribution < -0.4 is 0 Å². The molecular weight excluding hydrogens is 272 g/mol. The first-order valence-corrected chi connectivity index (χ1v) is 7.42. The van der Waals surface area contributed by atoms with Crippen molar-refractivity contribution >= 4 is 17.5 Å². The molecule has 1 aromatic heterocycles. The van der Waals surface area contributed by atoms with E-state index in [1.165, 1.54) is 11.8 Å². The maximum absolute atomic E-state index is 12.5. The summed E-state index contributed by atoms with van der Waals surface area (Å²) in [6.45, 7) is 1.95. The molecule has 1 atom stereocenters. The van der Waals surface area contributed by atoms with E-state index >= 15 is 0 Å². The molecule has 5 heteroatoms. The maximum Gasteiger partial charge on any atom is 0.176 e. The van der Waals surface area contributed by atoms with E-state index in [1.54, 1.807) is 6.20 Å². The van der Waals surface area contributed by atoms with Crippen molar-refractivity contribution in [3.63, 3.8) is 0 Å². The minimum Gasteiger partial charge on any atom is -0.390 e. The van der Waals surface area contributed by atoms with Gasteiger partial charge in [0.25, 0.3) is 0 Å². The van der Waals surface area contributed by atoms with Crippen molar-refractivity contribution in [3.05, 3.63) is 47.8 Å². The second kappa shape index (κ2) is 6.72. The standard InChI is InChI=1S/C15H18N2O2S/c1-3-13(14(19)11-7-5-4-6-8-11)20-15-16-9-12(10-18)17(15)2/h4-9,13,18H,3,10H2,1-2H3. The molecule has 2 aromatic rings. The number of Topliss-reactive ketones (excluding diaryl/α,β-unsaturated/α-hetero) is 1. The van der Waals surface area contributed by atoms with Crippen LogP contribution in [0.4, 0.5) is 0 Å². The van der Waals surface area contributed by atoms with Crippen LogP contribution in [-0.4, -0.2) is 25.7 Å². The molecule has 0 spiro atoms. The molecule has 1 aromatic carbocycles. The summed E-state index contributed by atoms with van der Waals surface area (Å²) in [6, 6.07) is 9.31. The highest BCUT2D eigenvalue weighted by Gasteiger charge is 2.21. The fourth-order valence-corrected chi connectivity index (χ4v) is 2.97. The predicted molar refractivity (Wildman–Crippen MR) is 79.8 cm³/mol. The van der Waals surface area contributed by atoms with E-state index in [9.17, 15) is 9.90 Å². The van der Waals surface area contributed by atoms with Crippen molar-refractivity contribution in [3.8, 4) is 0 Å². The Labute approximate surface area is 122 Å². The number of carbonyl (C=O) groups excluding carboxylic acids is 1. The van der Waals surface area contributed by atoms with Gasteiger partial charge in [0.1, 0.15) is 0 Å². The number of aromatic nitrogens is 2. The minimum absolute atomic E-state index is 0.0481. The first kappa shape index (κ1) is 14.8. The van der Waals surface area contributed by atoms with Crippen LogP contribution in [0.3, 0.4) is 0 Å². The van der Waals surface area contributed by atoms with Gasteiger partial charge in [-0.15, -0.1) is 0 Å². The second-order valence-electron chi connectivity index (χ2n) is 4.49. The molecule has 1 unspecified atom stereocenters. The fraction of sp³-hybridized carbons (Fsp3) is 0.333. The lowest BCUT2D eigenvalue weighted by molar-refractivity contribution is 0.0988. The highest BCUT2D eigenvalue weighted by Crippen LogP contribution is 2.27. The Bertz CT molecular complexity index is 581. The zero-order valence-electron chi connectivity index (χ0n) is 11.6. The summed E-state index contributed by atoms with van der Waals surface area (Å²) in [5, 5.41) is 9.77. The van der Waals surface area contributed by atoms with Crippen molar-refractivity contribution < 1.29 is 9.90 Å². The van der Waals surface area contributed by atoms with Crippen LogP contribution in [0.5, 0.6) is 0 Å². The smallest absolute Gasteiger partial charge is 0.176 e. The molecule has 4 nitrogen and oxygen atoms in total. The molecule has 0 radical (unpaired) electrons. The van der Waals surface area contributed by atoms with Gasteiger partial charge in [-0.05, 0) is 6.42 Å². The molecule has 0 saturated heterocycles. The van der Waals surface area contributed by atoms with Crippen LogP contribution in [-0.2, 0) is 13.7 Å². The lowest BCUT2D eigenvalue weighted by Crippen LogP contribution is -2.17. The Hall–Kier alpha value is -1.59. The molecule has 0 bridgehead atoms. The Balaban J connectivity index is 2.17. The molecule has 106 valence electrons. The Morgan fingerprint density at radius 3 is 2.65 bits per heavy atom. The van der Waals surface area contributed by atoms with Gasteiger partial charge >= 0.3 is 0 Å². The van der Waals surface area contributed by atoms with Crippen LogP contribution in [0.15, 0.2) is 41.7 Å². The van der Waals surface area contributed by atoms with Gasteiger partial charge in [0.05, 0.1) is 23.7 Å².